The van der Waals surface area contributed by atoms with E-state index in [4.69, 9.17) is 4.74 Å². The number of aromatic nitrogens is 4. The molecule has 0 radical (unpaired) electrons. The summed E-state index contributed by atoms with van der Waals surface area (Å²) < 4.78 is 5.79. The summed E-state index contributed by atoms with van der Waals surface area (Å²) in [4.78, 5) is 18.9. The van der Waals surface area contributed by atoms with E-state index in [9.17, 15) is 4.79 Å². The predicted octanol–water partition coefficient (Wildman–Crippen LogP) is 1.14. The van der Waals surface area contributed by atoms with Crippen LogP contribution in [0.15, 0.2) is 12.3 Å². The van der Waals surface area contributed by atoms with Gasteiger partial charge in [0.15, 0.2) is 0 Å². The zero-order chi connectivity index (χ0) is 14.2. The number of nitrogens with zero attached hydrogens (tertiary/aromatic N) is 4. The van der Waals surface area contributed by atoms with Gasteiger partial charge in [0.05, 0.1) is 17.7 Å². The maximum atomic E-state index is 12.9. The molecular weight excluding hydrogens is 270 g/mol. The maximum absolute atomic E-state index is 12.9. The molecule has 1 N–H and O–H groups in total. The third-order valence-electron chi connectivity index (χ3n) is 4.41. The third-order valence-corrected chi connectivity index (χ3v) is 4.41. The van der Waals surface area contributed by atoms with Crippen LogP contribution in [0.2, 0.25) is 0 Å². The van der Waals surface area contributed by atoms with Gasteiger partial charge in [-0.05, 0) is 31.7 Å². The number of fused-ring (bicyclic) bond motifs is 1. The zero-order valence-electron chi connectivity index (χ0n) is 11.7. The predicted molar refractivity (Wildman–Crippen MR) is 74.7 cm³/mol. The summed E-state index contributed by atoms with van der Waals surface area (Å²) in [7, 11) is 0. The number of likely N-dealkylation sites (tertiary alicyclic amines) is 1. The summed E-state index contributed by atoms with van der Waals surface area (Å²) in [6.07, 6.45) is 5.98. The van der Waals surface area contributed by atoms with Gasteiger partial charge in [-0.1, -0.05) is 0 Å². The van der Waals surface area contributed by atoms with E-state index >= 15 is 0 Å². The molecule has 7 nitrogen and oxygen atoms in total. The molecule has 4 heterocycles. The number of rotatable bonds is 2. The summed E-state index contributed by atoms with van der Waals surface area (Å²) in [6, 6.07) is 1.91. The van der Waals surface area contributed by atoms with Gasteiger partial charge in [-0.25, -0.2) is 4.98 Å². The van der Waals surface area contributed by atoms with Crippen LogP contribution in [-0.2, 0) is 4.74 Å². The number of aromatic amines is 1. The van der Waals surface area contributed by atoms with Gasteiger partial charge in [0, 0.05) is 19.3 Å². The van der Waals surface area contributed by atoms with E-state index < -0.39 is 0 Å². The minimum Gasteiger partial charge on any atom is -0.376 e. The Labute approximate surface area is 121 Å². The van der Waals surface area contributed by atoms with Gasteiger partial charge < -0.3 is 9.64 Å². The largest absolute Gasteiger partial charge is 0.376 e. The SMILES string of the molecule is O=C(c1ccnc2n[nH]nc12)N1CCCC1C1CCCO1. The molecule has 0 aromatic carbocycles. The molecule has 7 heteroatoms. The topological polar surface area (TPSA) is 84.0 Å². The Kier molecular flexibility index (Phi) is 3.07. The summed E-state index contributed by atoms with van der Waals surface area (Å²) in [5.41, 5.74) is 1.59. The molecule has 1 amide bonds. The summed E-state index contributed by atoms with van der Waals surface area (Å²) in [5.74, 6) is 0.00861. The second-order valence-electron chi connectivity index (χ2n) is 5.61. The van der Waals surface area contributed by atoms with Crippen LogP contribution in [0.1, 0.15) is 36.0 Å². The fraction of sp³-hybridized carbons (Fsp3) is 0.571. The van der Waals surface area contributed by atoms with Crippen LogP contribution >= 0.6 is 0 Å². The van der Waals surface area contributed by atoms with Crippen molar-refractivity contribution in [1.29, 1.82) is 0 Å². The summed E-state index contributed by atoms with van der Waals surface area (Å²) in [6.45, 7) is 1.59. The van der Waals surface area contributed by atoms with E-state index in [0.717, 1.165) is 38.8 Å². The van der Waals surface area contributed by atoms with E-state index in [1.54, 1.807) is 12.3 Å². The van der Waals surface area contributed by atoms with E-state index in [1.807, 2.05) is 4.90 Å². The Morgan fingerprint density at radius 1 is 1.33 bits per heavy atom. The smallest absolute Gasteiger partial charge is 0.256 e. The highest BCUT2D eigenvalue weighted by Crippen LogP contribution is 2.29. The number of nitrogens with one attached hydrogen (secondary N) is 1. The first kappa shape index (κ1) is 12.7. The number of carbonyl (C=O) groups excluding carboxylic acids is 1. The van der Waals surface area contributed by atoms with Crippen molar-refractivity contribution in [2.24, 2.45) is 0 Å². The monoisotopic (exact) mass is 287 g/mol. The van der Waals surface area contributed by atoms with Crippen LogP contribution in [0, 0.1) is 0 Å². The number of ether oxygens (including phenoxy) is 1. The Morgan fingerprint density at radius 2 is 2.29 bits per heavy atom. The quantitative estimate of drug-likeness (QED) is 0.895. The van der Waals surface area contributed by atoms with Crippen molar-refractivity contribution in [1.82, 2.24) is 25.3 Å². The van der Waals surface area contributed by atoms with Gasteiger partial charge in [-0.2, -0.15) is 10.3 Å². The van der Waals surface area contributed by atoms with Gasteiger partial charge in [0.1, 0.15) is 5.52 Å². The molecule has 2 aliphatic rings. The molecule has 110 valence electrons. The molecular formula is C14H17N5O2. The lowest BCUT2D eigenvalue weighted by atomic mass is 10.0. The number of hydrogen-bond acceptors (Lipinski definition) is 5. The van der Waals surface area contributed by atoms with Crippen LogP contribution in [0.25, 0.3) is 11.2 Å². The highest BCUT2D eigenvalue weighted by molar-refractivity contribution is 6.03. The van der Waals surface area contributed by atoms with Crippen LogP contribution in [0.5, 0.6) is 0 Å². The van der Waals surface area contributed by atoms with Crippen LogP contribution in [0.3, 0.4) is 0 Å². The summed E-state index contributed by atoms with van der Waals surface area (Å²) >= 11 is 0. The number of pyridine rings is 1. The lowest BCUT2D eigenvalue weighted by Crippen LogP contribution is -2.42. The van der Waals surface area contributed by atoms with Crippen molar-refractivity contribution < 1.29 is 9.53 Å². The van der Waals surface area contributed by atoms with Crippen molar-refractivity contribution >= 4 is 17.1 Å². The molecule has 2 aromatic rings. The number of amides is 1. The molecule has 2 aromatic heterocycles. The zero-order valence-corrected chi connectivity index (χ0v) is 11.7. The van der Waals surface area contributed by atoms with Gasteiger partial charge in [0.25, 0.3) is 5.91 Å². The van der Waals surface area contributed by atoms with Crippen LogP contribution in [-0.4, -0.2) is 56.5 Å². The molecule has 0 saturated carbocycles. The first-order valence-corrected chi connectivity index (χ1v) is 7.42. The lowest BCUT2D eigenvalue weighted by molar-refractivity contribution is 0.0342. The third kappa shape index (κ3) is 2.08. The minimum absolute atomic E-state index is 0.00861. The highest BCUT2D eigenvalue weighted by atomic mass is 16.5. The molecule has 0 aliphatic carbocycles. The lowest BCUT2D eigenvalue weighted by Gasteiger charge is -2.28. The van der Waals surface area contributed by atoms with Crippen molar-refractivity contribution in [2.75, 3.05) is 13.2 Å². The summed E-state index contributed by atoms with van der Waals surface area (Å²) in [5, 5.41) is 10.5. The van der Waals surface area contributed by atoms with Crippen LogP contribution < -0.4 is 0 Å². The normalized spacial score (nSPS) is 25.8. The van der Waals surface area contributed by atoms with Crippen molar-refractivity contribution in [3.8, 4) is 0 Å². The standard InChI is InChI=1S/C14H17N5O2/c20-14(9-5-6-15-13-12(9)16-18-17-13)19-7-1-3-10(19)11-4-2-8-21-11/h5-6,10-11H,1-4,7-8H2,(H,15,16,17,18). The Balaban J connectivity index is 1.65. The Bertz CT molecular complexity index is 664. The maximum Gasteiger partial charge on any atom is 0.256 e. The fourth-order valence-electron chi connectivity index (χ4n) is 3.42. The van der Waals surface area contributed by atoms with Crippen molar-refractivity contribution in [3.05, 3.63) is 17.8 Å². The van der Waals surface area contributed by atoms with Gasteiger partial charge in [0.2, 0.25) is 5.65 Å². The van der Waals surface area contributed by atoms with Gasteiger partial charge >= 0.3 is 0 Å². The van der Waals surface area contributed by atoms with Gasteiger partial charge in [-0.15, -0.1) is 5.10 Å². The van der Waals surface area contributed by atoms with E-state index in [1.165, 1.54) is 0 Å². The van der Waals surface area contributed by atoms with E-state index in [2.05, 4.69) is 20.4 Å². The molecule has 0 spiro atoms. The first-order valence-electron chi connectivity index (χ1n) is 7.42. The van der Waals surface area contributed by atoms with Crippen molar-refractivity contribution in [2.45, 2.75) is 37.8 Å². The molecule has 0 bridgehead atoms. The number of H-pyrrole nitrogens is 1. The van der Waals surface area contributed by atoms with Gasteiger partial charge in [-0.3, -0.25) is 4.79 Å². The molecule has 2 unspecified atom stereocenters. The Hall–Kier alpha value is -2.02. The highest BCUT2D eigenvalue weighted by Gasteiger charge is 2.37. The number of hydrogen-bond donors (Lipinski definition) is 1. The average molecular weight is 287 g/mol. The second-order valence-corrected chi connectivity index (χ2v) is 5.61. The van der Waals surface area contributed by atoms with E-state index in [-0.39, 0.29) is 18.1 Å². The van der Waals surface area contributed by atoms with E-state index in [0.29, 0.717) is 16.7 Å². The molecule has 4 rings (SSSR count). The molecule has 2 aliphatic heterocycles. The molecule has 21 heavy (non-hydrogen) atoms. The first-order chi connectivity index (χ1) is 10.3. The average Bonchev–Trinajstić information content (AvgIpc) is 3.23. The molecule has 2 fully saturated rings. The number of carbonyl (C=O) groups is 1. The minimum atomic E-state index is 0.00861. The fourth-order valence-corrected chi connectivity index (χ4v) is 3.42. The Morgan fingerprint density at radius 3 is 3.14 bits per heavy atom. The molecule has 2 atom stereocenters. The van der Waals surface area contributed by atoms with Crippen LogP contribution in [0.4, 0.5) is 0 Å². The molecule has 2 saturated heterocycles. The second kappa shape index (κ2) is 5.07. The van der Waals surface area contributed by atoms with Crippen molar-refractivity contribution in [3.63, 3.8) is 0 Å².